The summed E-state index contributed by atoms with van der Waals surface area (Å²) in [7, 11) is 0. The van der Waals surface area contributed by atoms with Crippen LogP contribution in [-0.4, -0.2) is 0 Å². The van der Waals surface area contributed by atoms with Crippen molar-refractivity contribution in [2.75, 3.05) is 0 Å². The van der Waals surface area contributed by atoms with Crippen LogP contribution in [0, 0.1) is 13.8 Å². The van der Waals surface area contributed by atoms with Crippen molar-refractivity contribution in [3.63, 3.8) is 0 Å². The van der Waals surface area contributed by atoms with Crippen LogP contribution in [0.3, 0.4) is 0 Å². The molecule has 0 amide bonds. The molecular weight excluding hydrogens is 196 g/mol. The van der Waals surface area contributed by atoms with Crippen molar-refractivity contribution >= 4 is 0 Å². The van der Waals surface area contributed by atoms with Gasteiger partial charge in [-0.1, -0.05) is 37.3 Å². The number of benzene rings is 1. The van der Waals surface area contributed by atoms with Gasteiger partial charge in [-0.3, -0.25) is 11.3 Å². The van der Waals surface area contributed by atoms with E-state index in [1.165, 1.54) is 22.3 Å². The molecule has 0 heterocycles. The minimum Gasteiger partial charge on any atom is -0.271 e. The predicted octanol–water partition coefficient (Wildman–Crippen LogP) is 3.16. The minimum atomic E-state index is 0.173. The van der Waals surface area contributed by atoms with Crippen molar-refractivity contribution in [1.29, 1.82) is 0 Å². The van der Waals surface area contributed by atoms with E-state index < -0.39 is 0 Å². The number of hydrogen-bond acceptors (Lipinski definition) is 2. The van der Waals surface area contributed by atoms with E-state index >= 15 is 0 Å². The van der Waals surface area contributed by atoms with Crippen LogP contribution in [0.2, 0.25) is 0 Å². The summed E-state index contributed by atoms with van der Waals surface area (Å²) in [6.45, 7) is 10.4. The Balaban J connectivity index is 2.95. The number of hydrogen-bond donors (Lipinski definition) is 2. The fourth-order valence-corrected chi connectivity index (χ4v) is 1.84. The minimum absolute atomic E-state index is 0.173. The van der Waals surface area contributed by atoms with E-state index in [2.05, 4.69) is 51.0 Å². The largest absolute Gasteiger partial charge is 0.271 e. The Labute approximate surface area is 98.5 Å². The summed E-state index contributed by atoms with van der Waals surface area (Å²) in [4.78, 5) is 0. The average Bonchev–Trinajstić information content (AvgIpc) is 2.29. The van der Waals surface area contributed by atoms with Crippen molar-refractivity contribution in [2.24, 2.45) is 5.84 Å². The van der Waals surface area contributed by atoms with Crippen molar-refractivity contribution in [3.05, 3.63) is 47.0 Å². The molecule has 1 unspecified atom stereocenters. The van der Waals surface area contributed by atoms with Crippen molar-refractivity contribution in [3.8, 4) is 0 Å². The van der Waals surface area contributed by atoms with E-state index in [4.69, 9.17) is 5.84 Å². The van der Waals surface area contributed by atoms with E-state index in [-0.39, 0.29) is 6.04 Å². The van der Waals surface area contributed by atoms with Gasteiger partial charge in [-0.05, 0) is 43.4 Å². The lowest BCUT2D eigenvalue weighted by molar-refractivity contribution is 0.542. The van der Waals surface area contributed by atoms with Crippen LogP contribution in [0.15, 0.2) is 30.4 Å². The van der Waals surface area contributed by atoms with E-state index in [0.29, 0.717) is 0 Å². The zero-order valence-corrected chi connectivity index (χ0v) is 10.5. The predicted molar refractivity (Wildman–Crippen MR) is 70.0 cm³/mol. The van der Waals surface area contributed by atoms with Gasteiger partial charge in [0.05, 0.1) is 0 Å². The van der Waals surface area contributed by atoms with Crippen LogP contribution in [-0.2, 0) is 0 Å². The van der Waals surface area contributed by atoms with Gasteiger partial charge in [0.15, 0.2) is 0 Å². The third kappa shape index (κ3) is 2.94. The third-order valence-corrected chi connectivity index (χ3v) is 3.22. The lowest BCUT2D eigenvalue weighted by Crippen LogP contribution is -2.29. The maximum atomic E-state index is 5.64. The second kappa shape index (κ2) is 5.83. The summed E-state index contributed by atoms with van der Waals surface area (Å²) in [6.07, 6.45) is 1.90. The number of nitrogens with two attached hydrogens (primary N) is 1. The first-order valence-electron chi connectivity index (χ1n) is 5.79. The number of aryl methyl sites for hydroxylation is 1. The SMILES string of the molecule is C=C(CC)CC(NN)c1cccc(C)c1C. The van der Waals surface area contributed by atoms with Crippen molar-refractivity contribution in [2.45, 2.75) is 39.7 Å². The van der Waals surface area contributed by atoms with Crippen LogP contribution in [0.5, 0.6) is 0 Å². The molecule has 0 spiro atoms. The normalized spacial score (nSPS) is 12.5. The molecule has 0 radical (unpaired) electrons. The maximum Gasteiger partial charge on any atom is 0.0499 e. The van der Waals surface area contributed by atoms with Crippen LogP contribution in [0.1, 0.15) is 42.5 Å². The van der Waals surface area contributed by atoms with Gasteiger partial charge in [-0.15, -0.1) is 0 Å². The standard InChI is InChI=1S/C14H22N2/c1-5-10(2)9-14(16-15)13-8-6-7-11(3)12(13)4/h6-8,14,16H,2,5,9,15H2,1,3-4H3. The molecule has 1 aromatic carbocycles. The molecule has 88 valence electrons. The second-order valence-corrected chi connectivity index (χ2v) is 4.32. The van der Waals surface area contributed by atoms with E-state index in [1.807, 2.05) is 0 Å². The highest BCUT2D eigenvalue weighted by Crippen LogP contribution is 2.25. The molecule has 2 heteroatoms. The zero-order chi connectivity index (χ0) is 12.1. The van der Waals surface area contributed by atoms with Gasteiger partial charge in [0.1, 0.15) is 0 Å². The van der Waals surface area contributed by atoms with Crippen LogP contribution < -0.4 is 11.3 Å². The monoisotopic (exact) mass is 218 g/mol. The summed E-state index contributed by atoms with van der Waals surface area (Å²) in [6, 6.07) is 6.51. The summed E-state index contributed by atoms with van der Waals surface area (Å²) in [5.74, 6) is 5.64. The molecule has 0 aliphatic rings. The van der Waals surface area contributed by atoms with Gasteiger partial charge in [0.2, 0.25) is 0 Å². The molecule has 0 saturated heterocycles. The Morgan fingerprint density at radius 1 is 1.44 bits per heavy atom. The molecule has 1 atom stereocenters. The number of hydrazine groups is 1. The Morgan fingerprint density at radius 2 is 2.12 bits per heavy atom. The Kier molecular flexibility index (Phi) is 4.71. The molecule has 0 aliphatic carbocycles. The van der Waals surface area contributed by atoms with Gasteiger partial charge in [0, 0.05) is 6.04 Å². The molecule has 1 aromatic rings. The number of rotatable bonds is 5. The van der Waals surface area contributed by atoms with Gasteiger partial charge in [-0.25, -0.2) is 0 Å². The Hall–Kier alpha value is -1.12. The molecule has 0 fully saturated rings. The Morgan fingerprint density at radius 3 is 2.69 bits per heavy atom. The summed E-state index contributed by atoms with van der Waals surface area (Å²) in [5, 5.41) is 0. The highest BCUT2D eigenvalue weighted by Gasteiger charge is 2.13. The van der Waals surface area contributed by atoms with E-state index in [0.717, 1.165) is 12.8 Å². The summed E-state index contributed by atoms with van der Waals surface area (Å²) in [5.41, 5.74) is 8.01. The molecule has 2 nitrogen and oxygen atoms in total. The zero-order valence-electron chi connectivity index (χ0n) is 10.5. The smallest absolute Gasteiger partial charge is 0.0499 e. The van der Waals surface area contributed by atoms with Gasteiger partial charge >= 0.3 is 0 Å². The molecule has 16 heavy (non-hydrogen) atoms. The molecule has 0 aromatic heterocycles. The molecule has 1 rings (SSSR count). The highest BCUT2D eigenvalue weighted by molar-refractivity contribution is 5.35. The van der Waals surface area contributed by atoms with Crippen LogP contribution in [0.25, 0.3) is 0 Å². The number of nitrogens with one attached hydrogen (secondary N) is 1. The lowest BCUT2D eigenvalue weighted by Gasteiger charge is -2.20. The van der Waals surface area contributed by atoms with Crippen molar-refractivity contribution in [1.82, 2.24) is 5.43 Å². The van der Waals surface area contributed by atoms with Gasteiger partial charge in [-0.2, -0.15) is 0 Å². The Bertz CT molecular complexity index is 369. The average molecular weight is 218 g/mol. The summed E-state index contributed by atoms with van der Waals surface area (Å²) >= 11 is 0. The van der Waals surface area contributed by atoms with Crippen molar-refractivity contribution < 1.29 is 0 Å². The summed E-state index contributed by atoms with van der Waals surface area (Å²) < 4.78 is 0. The van der Waals surface area contributed by atoms with Gasteiger partial charge in [0.25, 0.3) is 0 Å². The van der Waals surface area contributed by atoms with E-state index in [9.17, 15) is 0 Å². The molecule has 0 bridgehead atoms. The first-order chi connectivity index (χ1) is 7.60. The topological polar surface area (TPSA) is 38.0 Å². The quantitative estimate of drug-likeness (QED) is 0.452. The first-order valence-corrected chi connectivity index (χ1v) is 5.79. The fourth-order valence-electron chi connectivity index (χ4n) is 1.84. The van der Waals surface area contributed by atoms with Crippen LogP contribution in [0.4, 0.5) is 0 Å². The second-order valence-electron chi connectivity index (χ2n) is 4.32. The first kappa shape index (κ1) is 12.9. The fraction of sp³-hybridized carbons (Fsp3) is 0.429. The maximum absolute atomic E-state index is 5.64. The molecule has 0 saturated carbocycles. The third-order valence-electron chi connectivity index (χ3n) is 3.22. The molecular formula is C14H22N2. The molecule has 0 aliphatic heterocycles. The van der Waals surface area contributed by atoms with Crippen LogP contribution >= 0.6 is 0 Å². The molecule has 3 N–H and O–H groups in total. The van der Waals surface area contributed by atoms with Gasteiger partial charge < -0.3 is 0 Å². The highest BCUT2D eigenvalue weighted by atomic mass is 15.2. The lowest BCUT2D eigenvalue weighted by atomic mass is 9.93. The van der Waals surface area contributed by atoms with E-state index in [1.54, 1.807) is 0 Å².